The monoisotopic (exact) mass is 528 g/mol. The molecule has 9 heteroatoms. The van der Waals surface area contributed by atoms with Crippen molar-refractivity contribution in [1.82, 2.24) is 19.8 Å². The van der Waals surface area contributed by atoms with E-state index in [0.717, 1.165) is 41.0 Å². The molecule has 0 radical (unpaired) electrons. The number of nitrogen functional groups attached to an aromatic ring is 1. The largest absolute Gasteiger partial charge is 0.444 e. The second kappa shape index (κ2) is 11.6. The molecule has 0 spiro atoms. The summed E-state index contributed by atoms with van der Waals surface area (Å²) >= 11 is 0. The molecule has 9 nitrogen and oxygen atoms in total. The van der Waals surface area contributed by atoms with Crippen molar-refractivity contribution < 1.29 is 14.3 Å². The first-order valence-corrected chi connectivity index (χ1v) is 13.2. The number of anilines is 1. The van der Waals surface area contributed by atoms with E-state index in [1.54, 1.807) is 27.0 Å². The van der Waals surface area contributed by atoms with Gasteiger partial charge in [0.1, 0.15) is 23.5 Å². The molecular formula is C30H36N6O3. The summed E-state index contributed by atoms with van der Waals surface area (Å²) in [7, 11) is 0. The predicted octanol–water partition coefficient (Wildman–Crippen LogP) is 4.77. The average Bonchev–Trinajstić information content (AvgIpc) is 3.33. The highest BCUT2D eigenvalue weighted by molar-refractivity contribution is 5.86. The van der Waals surface area contributed by atoms with Gasteiger partial charge in [-0.05, 0) is 75.8 Å². The Morgan fingerprint density at radius 2 is 1.90 bits per heavy atom. The second-order valence-corrected chi connectivity index (χ2v) is 10.9. The van der Waals surface area contributed by atoms with Crippen molar-refractivity contribution in [2.45, 2.75) is 71.1 Å². The zero-order valence-corrected chi connectivity index (χ0v) is 23.0. The van der Waals surface area contributed by atoms with Gasteiger partial charge in [-0.3, -0.25) is 9.69 Å². The number of aryl methyl sites for hydroxylation is 1. The van der Waals surface area contributed by atoms with Crippen LogP contribution in [0.15, 0.2) is 54.9 Å². The standard InChI is InChI=1S/C30H36N6O3/c1-20-33-14-16-35(20)27-18-23(12-13-25(27)32)22-10-8-21(9-11-22)17-24(19-31)34-28(37)26-7-5-6-15-36(26)29(38)39-30(2,3)4/h8-14,16,18,24,26H,5-7,15,17,32H2,1-4H3,(H,34,37)/t24-,26-/m0/s1. The molecule has 0 saturated carbocycles. The Balaban J connectivity index is 1.43. The van der Waals surface area contributed by atoms with E-state index in [2.05, 4.69) is 16.4 Å². The van der Waals surface area contributed by atoms with Gasteiger partial charge in [-0.2, -0.15) is 5.26 Å². The molecule has 1 saturated heterocycles. The van der Waals surface area contributed by atoms with E-state index >= 15 is 0 Å². The fourth-order valence-electron chi connectivity index (χ4n) is 4.77. The lowest BCUT2D eigenvalue weighted by molar-refractivity contribution is -0.128. The molecular weight excluding hydrogens is 492 g/mol. The van der Waals surface area contributed by atoms with Crippen molar-refractivity contribution in [3.63, 3.8) is 0 Å². The molecule has 2 atom stereocenters. The van der Waals surface area contributed by atoms with Crippen LogP contribution in [0.3, 0.4) is 0 Å². The van der Waals surface area contributed by atoms with Gasteiger partial charge in [-0.25, -0.2) is 9.78 Å². The van der Waals surface area contributed by atoms with Crippen molar-refractivity contribution in [2.75, 3.05) is 12.3 Å². The summed E-state index contributed by atoms with van der Waals surface area (Å²) in [5.41, 5.74) is 10.0. The van der Waals surface area contributed by atoms with Crippen LogP contribution in [0.2, 0.25) is 0 Å². The maximum absolute atomic E-state index is 13.1. The van der Waals surface area contributed by atoms with Gasteiger partial charge in [0.2, 0.25) is 5.91 Å². The molecule has 1 aliphatic heterocycles. The minimum atomic E-state index is -0.724. The topological polar surface area (TPSA) is 126 Å². The number of aromatic nitrogens is 2. The number of piperidine rings is 1. The fraction of sp³-hybridized carbons (Fsp3) is 0.400. The summed E-state index contributed by atoms with van der Waals surface area (Å²) < 4.78 is 7.45. The van der Waals surface area contributed by atoms with Gasteiger partial charge in [0.25, 0.3) is 0 Å². The van der Waals surface area contributed by atoms with Gasteiger partial charge in [0, 0.05) is 25.4 Å². The van der Waals surface area contributed by atoms with Crippen LogP contribution in [0.25, 0.3) is 16.8 Å². The Labute approximate surface area is 229 Å². The Bertz CT molecular complexity index is 1370. The first-order valence-electron chi connectivity index (χ1n) is 13.2. The fourth-order valence-corrected chi connectivity index (χ4v) is 4.77. The number of benzene rings is 2. The zero-order valence-electron chi connectivity index (χ0n) is 23.0. The van der Waals surface area contributed by atoms with E-state index in [1.165, 1.54) is 4.90 Å². The molecule has 2 heterocycles. The third-order valence-corrected chi connectivity index (χ3v) is 6.75. The van der Waals surface area contributed by atoms with Gasteiger partial charge in [0.15, 0.2) is 0 Å². The van der Waals surface area contributed by atoms with Gasteiger partial charge < -0.3 is 20.4 Å². The number of hydrogen-bond acceptors (Lipinski definition) is 6. The van der Waals surface area contributed by atoms with Crippen molar-refractivity contribution in [1.29, 1.82) is 5.26 Å². The third kappa shape index (κ3) is 6.77. The zero-order chi connectivity index (χ0) is 28.2. The van der Waals surface area contributed by atoms with Crippen molar-refractivity contribution in [2.24, 2.45) is 0 Å². The highest BCUT2D eigenvalue weighted by Gasteiger charge is 2.35. The van der Waals surface area contributed by atoms with Crippen molar-refractivity contribution >= 4 is 17.7 Å². The van der Waals surface area contributed by atoms with E-state index in [4.69, 9.17) is 10.5 Å². The Morgan fingerprint density at radius 1 is 1.18 bits per heavy atom. The van der Waals surface area contributed by atoms with Gasteiger partial charge in [-0.1, -0.05) is 30.3 Å². The molecule has 0 bridgehead atoms. The maximum atomic E-state index is 13.1. The summed E-state index contributed by atoms with van der Waals surface area (Å²) in [6.07, 6.45) is 5.66. The molecule has 2 amide bonds. The van der Waals surface area contributed by atoms with Crippen LogP contribution >= 0.6 is 0 Å². The predicted molar refractivity (Wildman–Crippen MR) is 150 cm³/mol. The van der Waals surface area contributed by atoms with E-state index < -0.39 is 23.8 Å². The van der Waals surface area contributed by atoms with Crippen LogP contribution in [0, 0.1) is 18.3 Å². The number of amides is 2. The normalized spacial score (nSPS) is 16.3. The highest BCUT2D eigenvalue weighted by atomic mass is 16.6. The molecule has 1 fully saturated rings. The average molecular weight is 529 g/mol. The minimum absolute atomic E-state index is 0.326. The number of hydrogen-bond donors (Lipinski definition) is 2. The van der Waals surface area contributed by atoms with Crippen LogP contribution in [-0.4, -0.2) is 50.7 Å². The van der Waals surface area contributed by atoms with E-state index in [0.29, 0.717) is 25.1 Å². The number of nitrogens with two attached hydrogens (primary N) is 1. The lowest BCUT2D eigenvalue weighted by Gasteiger charge is -2.36. The first kappa shape index (κ1) is 27.7. The summed E-state index contributed by atoms with van der Waals surface area (Å²) in [6, 6.07) is 14.6. The number of imidazole rings is 1. The number of likely N-dealkylation sites (tertiary alicyclic amines) is 1. The number of ether oxygens (including phenoxy) is 1. The van der Waals surface area contributed by atoms with Crippen LogP contribution in [0.1, 0.15) is 51.4 Å². The number of nitriles is 1. The van der Waals surface area contributed by atoms with E-state index in [9.17, 15) is 14.9 Å². The van der Waals surface area contributed by atoms with Crippen LogP contribution in [0.4, 0.5) is 10.5 Å². The van der Waals surface area contributed by atoms with E-state index in [1.807, 2.05) is 60.2 Å². The molecule has 4 rings (SSSR count). The molecule has 0 aliphatic carbocycles. The quantitative estimate of drug-likeness (QED) is 0.444. The molecule has 39 heavy (non-hydrogen) atoms. The molecule has 3 N–H and O–H groups in total. The third-order valence-electron chi connectivity index (χ3n) is 6.75. The number of carbonyl (C=O) groups is 2. The highest BCUT2D eigenvalue weighted by Crippen LogP contribution is 2.28. The van der Waals surface area contributed by atoms with Crippen molar-refractivity contribution in [3.05, 3.63) is 66.2 Å². The van der Waals surface area contributed by atoms with Gasteiger partial charge >= 0.3 is 6.09 Å². The van der Waals surface area contributed by atoms with E-state index in [-0.39, 0.29) is 5.91 Å². The smallest absolute Gasteiger partial charge is 0.410 e. The molecule has 204 valence electrons. The molecule has 1 aliphatic rings. The van der Waals surface area contributed by atoms with Crippen LogP contribution < -0.4 is 11.1 Å². The number of nitrogens with one attached hydrogen (secondary N) is 1. The number of carbonyl (C=O) groups excluding carboxylic acids is 2. The summed E-state index contributed by atoms with van der Waals surface area (Å²) in [6.45, 7) is 7.78. The van der Waals surface area contributed by atoms with Gasteiger partial charge in [0.05, 0.1) is 17.4 Å². The Kier molecular flexibility index (Phi) is 8.24. The molecule has 2 aromatic carbocycles. The lowest BCUT2D eigenvalue weighted by atomic mass is 9.99. The summed E-state index contributed by atoms with van der Waals surface area (Å²) in [5, 5.41) is 12.6. The maximum Gasteiger partial charge on any atom is 0.410 e. The summed E-state index contributed by atoms with van der Waals surface area (Å²) in [5.74, 6) is 0.522. The number of rotatable bonds is 6. The van der Waals surface area contributed by atoms with Crippen molar-refractivity contribution in [3.8, 4) is 22.9 Å². The molecule has 0 unspecified atom stereocenters. The summed E-state index contributed by atoms with van der Waals surface area (Å²) in [4.78, 5) is 31.6. The van der Waals surface area contributed by atoms with Gasteiger partial charge in [-0.15, -0.1) is 0 Å². The lowest BCUT2D eigenvalue weighted by Crippen LogP contribution is -2.54. The first-order chi connectivity index (χ1) is 18.6. The minimum Gasteiger partial charge on any atom is -0.444 e. The second-order valence-electron chi connectivity index (χ2n) is 10.9. The van der Waals surface area contributed by atoms with Crippen LogP contribution in [0.5, 0.6) is 0 Å². The van der Waals surface area contributed by atoms with Crippen LogP contribution in [-0.2, 0) is 16.0 Å². The SMILES string of the molecule is Cc1nccn1-c1cc(-c2ccc(C[C@@H](C#N)NC(=O)[C@@H]3CCCCN3C(=O)OC(C)(C)C)cc2)ccc1N. The Hall–Kier alpha value is -4.32. The molecule has 1 aromatic heterocycles. The Morgan fingerprint density at radius 3 is 2.54 bits per heavy atom. The molecule has 3 aromatic rings. The number of nitrogens with zero attached hydrogens (tertiary/aromatic N) is 4.